The lowest BCUT2D eigenvalue weighted by Crippen LogP contribution is -2.57. The highest BCUT2D eigenvalue weighted by Crippen LogP contribution is 2.20. The summed E-state index contributed by atoms with van der Waals surface area (Å²) in [5.41, 5.74) is 0. The van der Waals surface area contributed by atoms with Gasteiger partial charge in [0.1, 0.15) is 5.82 Å². The molecule has 3 rings (SSSR count). The van der Waals surface area contributed by atoms with Gasteiger partial charge in [-0.3, -0.25) is 4.79 Å². The average Bonchev–Trinajstić information content (AvgIpc) is 2.50. The number of aromatic nitrogens is 2. The van der Waals surface area contributed by atoms with Crippen LogP contribution in [0.5, 0.6) is 0 Å². The van der Waals surface area contributed by atoms with Crippen LogP contribution >= 0.6 is 11.8 Å². The van der Waals surface area contributed by atoms with Crippen molar-refractivity contribution in [2.45, 2.75) is 10.9 Å². The second-order valence-electron chi connectivity index (χ2n) is 4.95. The van der Waals surface area contributed by atoms with Crippen LogP contribution in [0.3, 0.4) is 0 Å². The second-order valence-corrected chi connectivity index (χ2v) is 6.00. The minimum absolute atomic E-state index is 0.0846. The summed E-state index contributed by atoms with van der Waals surface area (Å²) in [7, 11) is 0. The van der Waals surface area contributed by atoms with Gasteiger partial charge < -0.3 is 10.2 Å². The molecule has 1 aliphatic rings. The van der Waals surface area contributed by atoms with Gasteiger partial charge in [-0.2, -0.15) is 0 Å². The molecular weight excluding hydrogens is 303 g/mol. The number of benzene rings is 1. The van der Waals surface area contributed by atoms with Gasteiger partial charge in [0.15, 0.2) is 0 Å². The van der Waals surface area contributed by atoms with E-state index in [2.05, 4.69) is 15.3 Å². The Morgan fingerprint density at radius 2 is 1.95 bits per heavy atom. The summed E-state index contributed by atoms with van der Waals surface area (Å²) in [6, 6.07) is 8.12. The summed E-state index contributed by atoms with van der Waals surface area (Å²) >= 11 is 1.42. The first kappa shape index (κ1) is 14.8. The molecule has 0 aliphatic carbocycles. The number of nitrogens with zero attached hydrogens (tertiary/aromatic N) is 3. The molecule has 2 heterocycles. The molecule has 0 spiro atoms. The number of carbonyl (C=O) groups excluding carboxylic acids is 1. The van der Waals surface area contributed by atoms with Crippen LogP contribution in [0, 0.1) is 5.82 Å². The Bertz CT molecular complexity index is 632. The molecule has 1 saturated heterocycles. The standard InChI is InChI=1S/C15H15FN4OS/c16-11-2-4-13(5-3-11)22-10-14(21)20-8-12(9-20)19-15-17-6-1-7-18-15/h1-7,12H,8-10H2,(H,17,18,19). The third kappa shape index (κ3) is 3.73. The summed E-state index contributed by atoms with van der Waals surface area (Å²) in [6.45, 7) is 1.31. The lowest BCUT2D eigenvalue weighted by molar-refractivity contribution is -0.132. The first-order valence-corrected chi connectivity index (χ1v) is 7.89. The summed E-state index contributed by atoms with van der Waals surface area (Å²) in [5.74, 6) is 0.761. The number of anilines is 1. The molecule has 0 radical (unpaired) electrons. The van der Waals surface area contributed by atoms with E-state index in [0.717, 1.165) is 4.90 Å². The molecule has 7 heteroatoms. The number of hydrogen-bond acceptors (Lipinski definition) is 5. The van der Waals surface area contributed by atoms with Gasteiger partial charge in [0.2, 0.25) is 11.9 Å². The van der Waals surface area contributed by atoms with Crippen molar-refractivity contribution in [1.29, 1.82) is 0 Å². The molecule has 1 amide bonds. The van der Waals surface area contributed by atoms with Crippen molar-refractivity contribution in [3.63, 3.8) is 0 Å². The molecule has 1 fully saturated rings. The topological polar surface area (TPSA) is 58.1 Å². The maximum Gasteiger partial charge on any atom is 0.233 e. The minimum Gasteiger partial charge on any atom is -0.348 e. The smallest absolute Gasteiger partial charge is 0.233 e. The highest BCUT2D eigenvalue weighted by atomic mass is 32.2. The second kappa shape index (κ2) is 6.74. The van der Waals surface area contributed by atoms with E-state index in [1.165, 1.54) is 23.9 Å². The number of likely N-dealkylation sites (tertiary alicyclic amines) is 1. The van der Waals surface area contributed by atoms with Gasteiger partial charge in [0.05, 0.1) is 11.8 Å². The Labute approximate surface area is 132 Å². The molecule has 0 bridgehead atoms. The van der Waals surface area contributed by atoms with Crippen LogP contribution in [0.2, 0.25) is 0 Å². The van der Waals surface area contributed by atoms with Crippen molar-refractivity contribution >= 4 is 23.6 Å². The Balaban J connectivity index is 1.41. The maximum absolute atomic E-state index is 12.8. The van der Waals surface area contributed by atoms with E-state index >= 15 is 0 Å². The SMILES string of the molecule is O=C(CSc1ccc(F)cc1)N1CC(Nc2ncccn2)C1. The summed E-state index contributed by atoms with van der Waals surface area (Å²) in [5, 5.41) is 3.18. The van der Waals surface area contributed by atoms with E-state index in [1.54, 1.807) is 35.5 Å². The Morgan fingerprint density at radius 1 is 1.27 bits per heavy atom. The number of hydrogen-bond donors (Lipinski definition) is 1. The van der Waals surface area contributed by atoms with Gasteiger partial charge in [0, 0.05) is 30.4 Å². The van der Waals surface area contributed by atoms with Crippen LogP contribution in [-0.4, -0.2) is 45.7 Å². The lowest BCUT2D eigenvalue weighted by atomic mass is 10.1. The number of nitrogens with one attached hydrogen (secondary N) is 1. The maximum atomic E-state index is 12.8. The molecule has 1 aromatic carbocycles. The van der Waals surface area contributed by atoms with Crippen LogP contribution in [0.15, 0.2) is 47.6 Å². The minimum atomic E-state index is -0.268. The molecular formula is C15H15FN4OS. The highest BCUT2D eigenvalue weighted by Gasteiger charge is 2.30. The van der Waals surface area contributed by atoms with E-state index in [4.69, 9.17) is 0 Å². The van der Waals surface area contributed by atoms with Crippen molar-refractivity contribution in [2.75, 3.05) is 24.2 Å². The van der Waals surface area contributed by atoms with Crippen molar-refractivity contribution in [2.24, 2.45) is 0 Å². The molecule has 5 nitrogen and oxygen atoms in total. The van der Waals surface area contributed by atoms with Crippen molar-refractivity contribution < 1.29 is 9.18 Å². The van der Waals surface area contributed by atoms with Gasteiger partial charge >= 0.3 is 0 Å². The van der Waals surface area contributed by atoms with Gasteiger partial charge in [-0.25, -0.2) is 14.4 Å². The molecule has 114 valence electrons. The largest absolute Gasteiger partial charge is 0.348 e. The van der Waals surface area contributed by atoms with Gasteiger partial charge in [-0.05, 0) is 30.3 Å². The summed E-state index contributed by atoms with van der Waals surface area (Å²) in [4.78, 5) is 22.9. The lowest BCUT2D eigenvalue weighted by Gasteiger charge is -2.39. The number of carbonyl (C=O) groups is 1. The highest BCUT2D eigenvalue weighted by molar-refractivity contribution is 8.00. The van der Waals surface area contributed by atoms with Crippen LogP contribution in [-0.2, 0) is 4.79 Å². The Hall–Kier alpha value is -2.15. The normalized spacial score (nSPS) is 14.5. The van der Waals surface area contributed by atoms with Gasteiger partial charge in [0.25, 0.3) is 0 Å². The molecule has 0 unspecified atom stereocenters. The van der Waals surface area contributed by atoms with Crippen LogP contribution in [0.1, 0.15) is 0 Å². The number of thioether (sulfide) groups is 1. The van der Waals surface area contributed by atoms with E-state index in [-0.39, 0.29) is 17.8 Å². The third-order valence-corrected chi connectivity index (χ3v) is 4.31. The van der Waals surface area contributed by atoms with Gasteiger partial charge in [-0.1, -0.05) is 0 Å². The van der Waals surface area contributed by atoms with Crippen LogP contribution in [0.25, 0.3) is 0 Å². The van der Waals surface area contributed by atoms with Gasteiger partial charge in [-0.15, -0.1) is 11.8 Å². The van der Waals surface area contributed by atoms with Crippen LogP contribution in [0.4, 0.5) is 10.3 Å². The molecule has 1 aliphatic heterocycles. The predicted octanol–water partition coefficient (Wildman–Crippen LogP) is 2.03. The van der Waals surface area contributed by atoms with E-state index in [0.29, 0.717) is 24.8 Å². The summed E-state index contributed by atoms with van der Waals surface area (Å²) in [6.07, 6.45) is 3.35. The number of halogens is 1. The Morgan fingerprint density at radius 3 is 2.64 bits per heavy atom. The average molecular weight is 318 g/mol. The predicted molar refractivity (Wildman–Crippen MR) is 83.1 cm³/mol. The fourth-order valence-corrected chi connectivity index (χ4v) is 2.90. The van der Waals surface area contributed by atoms with E-state index in [9.17, 15) is 9.18 Å². The number of amides is 1. The summed E-state index contributed by atoms with van der Waals surface area (Å²) < 4.78 is 12.8. The molecule has 1 N–H and O–H groups in total. The van der Waals surface area contributed by atoms with E-state index in [1.807, 2.05) is 0 Å². The quantitative estimate of drug-likeness (QED) is 0.855. The molecule has 0 saturated carbocycles. The van der Waals surface area contributed by atoms with E-state index < -0.39 is 0 Å². The third-order valence-electron chi connectivity index (χ3n) is 3.31. The molecule has 1 aromatic heterocycles. The fraction of sp³-hybridized carbons (Fsp3) is 0.267. The molecule has 0 atom stereocenters. The van der Waals surface area contributed by atoms with Crippen LogP contribution < -0.4 is 5.32 Å². The zero-order chi connectivity index (χ0) is 15.4. The zero-order valence-corrected chi connectivity index (χ0v) is 12.6. The Kier molecular flexibility index (Phi) is 4.53. The molecule has 2 aromatic rings. The first-order chi connectivity index (χ1) is 10.7. The first-order valence-electron chi connectivity index (χ1n) is 6.90. The van der Waals surface area contributed by atoms with Crippen molar-refractivity contribution in [3.05, 3.63) is 48.5 Å². The zero-order valence-electron chi connectivity index (χ0n) is 11.8. The fourth-order valence-electron chi connectivity index (χ4n) is 2.10. The molecule has 22 heavy (non-hydrogen) atoms. The monoisotopic (exact) mass is 318 g/mol. The van der Waals surface area contributed by atoms with Crippen molar-refractivity contribution in [1.82, 2.24) is 14.9 Å². The number of rotatable bonds is 5. The van der Waals surface area contributed by atoms with Crippen molar-refractivity contribution in [3.8, 4) is 0 Å².